The average Bonchev–Trinajstić information content (AvgIpc) is 3.95. The molecule has 0 saturated heterocycles. The zero-order valence-electron chi connectivity index (χ0n) is 26.6. The summed E-state index contributed by atoms with van der Waals surface area (Å²) < 4.78 is 9.59. The predicted octanol–water partition coefficient (Wildman–Crippen LogP) is 7.75. The van der Waals surface area contributed by atoms with Crippen LogP contribution in [-0.2, 0) is 5.91 Å². The highest BCUT2D eigenvalue weighted by Crippen LogP contribution is 2.55. The van der Waals surface area contributed by atoms with Crippen molar-refractivity contribution in [2.75, 3.05) is 0 Å². The molecule has 1 atom stereocenters. The first-order valence-electron chi connectivity index (χ1n) is 16.1. The van der Waals surface area contributed by atoms with Crippen molar-refractivity contribution in [3.63, 3.8) is 0 Å². The Morgan fingerprint density at radius 3 is 1.76 bits per heavy atom. The molecule has 0 bridgehead atoms. The minimum atomic E-state index is -0.973. The van der Waals surface area contributed by atoms with Crippen LogP contribution in [0.2, 0.25) is 0 Å². The Bertz CT molecular complexity index is 2880. The molecule has 0 radical (unpaired) electrons. The number of rotatable bonds is 4. The Balaban J connectivity index is 1.35. The summed E-state index contributed by atoms with van der Waals surface area (Å²) in [5, 5.41) is 8.59. The highest BCUT2D eigenvalue weighted by molar-refractivity contribution is 7.14. The van der Waals surface area contributed by atoms with Gasteiger partial charge in [-0.2, -0.15) is 9.13 Å². The fraction of sp³-hybridized carbons (Fsp3) is 0.135. The first-order chi connectivity index (χ1) is 24.0. The van der Waals surface area contributed by atoms with Crippen LogP contribution >= 0.6 is 45.3 Å². The van der Waals surface area contributed by atoms with Crippen LogP contribution in [0.4, 0.5) is 11.6 Å². The van der Waals surface area contributed by atoms with Gasteiger partial charge in [0.1, 0.15) is 0 Å². The molecule has 0 aliphatic carbocycles. The molecule has 1 unspecified atom stereocenters. The van der Waals surface area contributed by atoms with E-state index >= 15 is 0 Å². The first-order valence-corrected chi connectivity index (χ1v) is 19.6. The average molecular weight is 709 g/mol. The molecule has 0 amide bonds. The number of aromatic nitrogens is 2. The second-order valence-corrected chi connectivity index (χ2v) is 16.7. The van der Waals surface area contributed by atoms with Crippen molar-refractivity contribution < 1.29 is 9.15 Å². The number of aliphatic imine (C=N–C) groups is 2. The fourth-order valence-corrected chi connectivity index (χ4v) is 11.9. The van der Waals surface area contributed by atoms with Gasteiger partial charge >= 0.3 is 5.91 Å². The van der Waals surface area contributed by atoms with Crippen LogP contribution in [0.1, 0.15) is 34.7 Å². The SMILES string of the molecule is CC1=C(c2cccs2)C2=Nc3c(C)c(-c4cccs4)c4n3C35n6c(c(C)c(-c7cccs7)c6=NC1=[N+]23)=NC1=[N+]5C(=N4)C(C)=C1c1cccs1. The van der Waals surface area contributed by atoms with Crippen molar-refractivity contribution in [2.45, 2.75) is 33.6 Å². The third kappa shape index (κ3) is 2.88. The maximum absolute atomic E-state index is 5.61. The molecule has 6 aliphatic rings. The molecule has 12 rings (SSSR count). The summed E-state index contributed by atoms with van der Waals surface area (Å²) in [4.78, 5) is 27.2. The van der Waals surface area contributed by atoms with Crippen LogP contribution in [-0.4, -0.2) is 41.6 Å². The summed E-state index contributed by atoms with van der Waals surface area (Å²) in [5.74, 6) is 4.54. The minimum Gasteiger partial charge on any atom is -0.192 e. The van der Waals surface area contributed by atoms with E-state index < -0.39 is 5.91 Å². The quantitative estimate of drug-likeness (QED) is 0.168. The maximum atomic E-state index is 5.61. The highest BCUT2D eigenvalue weighted by Gasteiger charge is 2.70. The van der Waals surface area contributed by atoms with Crippen LogP contribution in [0.3, 0.4) is 0 Å². The molecule has 0 fully saturated rings. The molecule has 0 aromatic carbocycles. The summed E-state index contributed by atoms with van der Waals surface area (Å²) in [6, 6.07) is 17.3. The number of hydrogen-bond donors (Lipinski definition) is 0. The molecule has 234 valence electrons. The minimum absolute atomic E-state index is 0.918. The molecule has 12 heteroatoms. The molecule has 0 N–H and O–H groups in total. The van der Waals surface area contributed by atoms with Crippen LogP contribution in [0.15, 0.2) is 101 Å². The first kappa shape index (κ1) is 27.0. The van der Waals surface area contributed by atoms with E-state index in [4.69, 9.17) is 20.0 Å². The molecule has 6 aliphatic heterocycles. The smallest absolute Gasteiger partial charge is 0.192 e. The normalized spacial score (nSPS) is 20.6. The van der Waals surface area contributed by atoms with Gasteiger partial charge in [-0.15, -0.1) is 54.5 Å². The van der Waals surface area contributed by atoms with Crippen LogP contribution in [0.5, 0.6) is 0 Å². The van der Waals surface area contributed by atoms with Gasteiger partial charge in [0, 0.05) is 41.8 Å². The highest BCUT2D eigenvalue weighted by atomic mass is 32.1. The van der Waals surface area contributed by atoms with E-state index in [9.17, 15) is 0 Å². The van der Waals surface area contributed by atoms with E-state index in [1.54, 1.807) is 45.3 Å². The van der Waals surface area contributed by atoms with Gasteiger partial charge in [0.2, 0.25) is 22.6 Å². The lowest BCUT2D eigenvalue weighted by Gasteiger charge is -2.41. The van der Waals surface area contributed by atoms with Gasteiger partial charge in [-0.3, -0.25) is 0 Å². The molecular formula is C37H24N8S4+2. The Morgan fingerprint density at radius 1 is 0.531 bits per heavy atom. The Labute approximate surface area is 295 Å². The van der Waals surface area contributed by atoms with Crippen molar-refractivity contribution in [3.8, 4) is 20.9 Å². The molecule has 12 heterocycles. The molecule has 6 aromatic heterocycles. The van der Waals surface area contributed by atoms with Gasteiger partial charge < -0.3 is 0 Å². The van der Waals surface area contributed by atoms with E-state index in [2.05, 4.69) is 116 Å². The van der Waals surface area contributed by atoms with Gasteiger partial charge in [-0.1, -0.05) is 44.2 Å². The lowest BCUT2D eigenvalue weighted by molar-refractivity contribution is -0.790. The van der Waals surface area contributed by atoms with E-state index in [-0.39, 0.29) is 0 Å². The predicted molar refractivity (Wildman–Crippen MR) is 199 cm³/mol. The lowest BCUT2D eigenvalue weighted by Crippen LogP contribution is -2.72. The molecule has 0 saturated carbocycles. The molecule has 49 heavy (non-hydrogen) atoms. The zero-order valence-corrected chi connectivity index (χ0v) is 29.9. The topological polar surface area (TPSA) is 65.3 Å². The van der Waals surface area contributed by atoms with E-state index in [1.807, 2.05) is 0 Å². The summed E-state index contributed by atoms with van der Waals surface area (Å²) in [6.45, 7) is 8.85. The van der Waals surface area contributed by atoms with Crippen molar-refractivity contribution in [1.82, 2.24) is 9.13 Å². The summed E-state index contributed by atoms with van der Waals surface area (Å²) >= 11 is 6.99. The lowest BCUT2D eigenvalue weighted by atomic mass is 10.1. The van der Waals surface area contributed by atoms with E-state index in [1.165, 1.54) is 19.5 Å². The molecule has 8 nitrogen and oxygen atoms in total. The van der Waals surface area contributed by atoms with E-state index in [0.717, 1.165) is 90.5 Å². The van der Waals surface area contributed by atoms with Crippen LogP contribution < -0.4 is 11.0 Å². The molecular weight excluding hydrogens is 685 g/mol. The Kier molecular flexibility index (Phi) is 4.86. The van der Waals surface area contributed by atoms with Crippen molar-refractivity contribution in [2.24, 2.45) is 20.0 Å². The van der Waals surface area contributed by atoms with E-state index in [0.29, 0.717) is 0 Å². The van der Waals surface area contributed by atoms with Crippen LogP contribution in [0.25, 0.3) is 32.0 Å². The standard InChI is InChI=1S/C37H24N8S4/c1-17-25(21-9-5-13-46-21)33-39-30-19(3)27(23-11-7-15-48-23)35-41-32-20(4)28(24-12-8-16-49-24)36-40-31-18(2)26(22-10-6-14-47-22)34-38-29(17)42(33)37(43(31)34,44(30)35)45(32)36/h5-16H,1-4H3/q+2. The second-order valence-electron chi connectivity index (χ2n) is 12.9. The molecule has 1 spiro atoms. The largest absolute Gasteiger partial charge is 0.404 e. The van der Waals surface area contributed by atoms with Crippen LogP contribution in [0, 0.1) is 13.8 Å². The Hall–Kier alpha value is -4.88. The monoisotopic (exact) mass is 708 g/mol. The fourth-order valence-electron chi connectivity index (χ4n) is 8.60. The van der Waals surface area contributed by atoms with Gasteiger partial charge in [0.25, 0.3) is 23.3 Å². The third-order valence-electron chi connectivity index (χ3n) is 10.5. The third-order valence-corrected chi connectivity index (χ3v) is 14.1. The number of hydrogen-bond acceptors (Lipinski definition) is 8. The van der Waals surface area contributed by atoms with Gasteiger partial charge in [0.05, 0.1) is 22.3 Å². The summed E-state index contributed by atoms with van der Waals surface area (Å²) in [6.07, 6.45) is 0. The second kappa shape index (κ2) is 8.82. The van der Waals surface area contributed by atoms with Gasteiger partial charge in [-0.25, -0.2) is 0 Å². The maximum Gasteiger partial charge on any atom is 0.404 e. The zero-order chi connectivity index (χ0) is 32.5. The van der Waals surface area contributed by atoms with Gasteiger partial charge in [0.15, 0.2) is 0 Å². The number of nitrogens with zero attached hydrogens (tertiary/aromatic N) is 8. The number of thiophene rings is 4. The van der Waals surface area contributed by atoms with Crippen molar-refractivity contribution in [1.29, 1.82) is 0 Å². The molecule has 6 aromatic rings. The summed E-state index contributed by atoms with van der Waals surface area (Å²) in [7, 11) is 0. The van der Waals surface area contributed by atoms with Crippen molar-refractivity contribution >= 4 is 91.5 Å². The van der Waals surface area contributed by atoms with Gasteiger partial charge in [-0.05, 0) is 73.5 Å². The number of amidine groups is 4. The van der Waals surface area contributed by atoms with Crippen molar-refractivity contribution in [3.05, 3.63) is 113 Å². The Morgan fingerprint density at radius 2 is 1.10 bits per heavy atom. The summed E-state index contributed by atoms with van der Waals surface area (Å²) in [5.41, 5.74) is 10.9.